The third kappa shape index (κ3) is 2.08. The summed E-state index contributed by atoms with van der Waals surface area (Å²) < 4.78 is 13.1. The summed E-state index contributed by atoms with van der Waals surface area (Å²) in [6.45, 7) is 1.53. The Labute approximate surface area is 81.6 Å². The largest absolute Gasteiger partial charge is 0.391 e. The Morgan fingerprint density at radius 3 is 2.64 bits per heavy atom. The SMILES string of the molecule is CC(O)[C@@H](N)c1ccc(C#N)c(F)c1. The van der Waals surface area contributed by atoms with Crippen LogP contribution in [0, 0.1) is 17.1 Å². The highest BCUT2D eigenvalue weighted by molar-refractivity contribution is 5.34. The Bertz CT molecular complexity index is 371. The van der Waals surface area contributed by atoms with Crippen LogP contribution in [0.25, 0.3) is 0 Å². The van der Waals surface area contributed by atoms with Crippen molar-refractivity contribution in [1.29, 1.82) is 5.26 Å². The molecule has 0 aromatic heterocycles. The second-order valence-electron chi connectivity index (χ2n) is 3.12. The van der Waals surface area contributed by atoms with Gasteiger partial charge in [-0.15, -0.1) is 0 Å². The predicted octanol–water partition coefficient (Wildman–Crippen LogP) is 1.08. The minimum absolute atomic E-state index is 0.0217. The molecule has 0 aliphatic carbocycles. The minimum Gasteiger partial charge on any atom is -0.391 e. The van der Waals surface area contributed by atoms with Gasteiger partial charge in [-0.1, -0.05) is 6.07 Å². The maximum Gasteiger partial charge on any atom is 0.141 e. The predicted molar refractivity (Wildman–Crippen MR) is 49.7 cm³/mol. The Balaban J connectivity index is 3.04. The van der Waals surface area contributed by atoms with Gasteiger partial charge in [-0.2, -0.15) is 5.26 Å². The first-order valence-electron chi connectivity index (χ1n) is 4.19. The third-order valence-electron chi connectivity index (χ3n) is 2.02. The van der Waals surface area contributed by atoms with Crippen LogP contribution >= 0.6 is 0 Å². The number of nitrogens with two attached hydrogens (primary N) is 1. The van der Waals surface area contributed by atoms with Gasteiger partial charge in [0.05, 0.1) is 17.7 Å². The van der Waals surface area contributed by atoms with Crippen LogP contribution in [-0.4, -0.2) is 11.2 Å². The zero-order valence-corrected chi connectivity index (χ0v) is 7.74. The van der Waals surface area contributed by atoms with Gasteiger partial charge in [0.15, 0.2) is 0 Å². The quantitative estimate of drug-likeness (QED) is 0.740. The molecule has 1 unspecified atom stereocenters. The highest BCUT2D eigenvalue weighted by Gasteiger charge is 2.13. The van der Waals surface area contributed by atoms with Crippen LogP contribution < -0.4 is 5.73 Å². The van der Waals surface area contributed by atoms with Crippen LogP contribution in [0.15, 0.2) is 18.2 Å². The fraction of sp³-hybridized carbons (Fsp3) is 0.300. The van der Waals surface area contributed by atoms with E-state index in [0.29, 0.717) is 5.56 Å². The normalized spacial score (nSPS) is 14.5. The Morgan fingerprint density at radius 1 is 1.57 bits per heavy atom. The van der Waals surface area contributed by atoms with Crippen molar-refractivity contribution in [3.63, 3.8) is 0 Å². The van der Waals surface area contributed by atoms with E-state index in [1.165, 1.54) is 19.1 Å². The second kappa shape index (κ2) is 4.18. The number of benzene rings is 1. The van der Waals surface area contributed by atoms with E-state index in [1.54, 1.807) is 12.1 Å². The summed E-state index contributed by atoms with van der Waals surface area (Å²) in [6.07, 6.45) is -0.748. The lowest BCUT2D eigenvalue weighted by Gasteiger charge is -2.14. The standard InChI is InChI=1S/C10H11FN2O/c1-6(14)10(13)7-2-3-8(5-12)9(11)4-7/h2-4,6,10,14H,13H2,1H3/t6?,10-/m1/s1. The second-order valence-corrected chi connectivity index (χ2v) is 3.12. The van der Waals surface area contributed by atoms with E-state index in [9.17, 15) is 9.50 Å². The van der Waals surface area contributed by atoms with Crippen LogP contribution in [0.5, 0.6) is 0 Å². The first-order chi connectivity index (χ1) is 6.56. The van der Waals surface area contributed by atoms with E-state index in [1.807, 2.05) is 0 Å². The van der Waals surface area contributed by atoms with Gasteiger partial charge in [0.1, 0.15) is 11.9 Å². The molecule has 3 nitrogen and oxygen atoms in total. The van der Waals surface area contributed by atoms with Crippen LogP contribution in [0.3, 0.4) is 0 Å². The number of hydrogen-bond acceptors (Lipinski definition) is 3. The highest BCUT2D eigenvalue weighted by Crippen LogP contribution is 2.17. The molecule has 0 saturated heterocycles. The van der Waals surface area contributed by atoms with Gasteiger partial charge in [-0.05, 0) is 24.6 Å². The summed E-state index contributed by atoms with van der Waals surface area (Å²) in [5, 5.41) is 17.7. The summed E-state index contributed by atoms with van der Waals surface area (Å²) in [4.78, 5) is 0. The molecular weight excluding hydrogens is 183 g/mol. The zero-order chi connectivity index (χ0) is 10.7. The Morgan fingerprint density at radius 2 is 2.21 bits per heavy atom. The van der Waals surface area contributed by atoms with Crippen molar-refractivity contribution < 1.29 is 9.50 Å². The number of halogens is 1. The molecular formula is C10H11FN2O. The topological polar surface area (TPSA) is 70.0 Å². The molecule has 1 aromatic carbocycles. The van der Waals surface area contributed by atoms with Crippen molar-refractivity contribution in [1.82, 2.24) is 0 Å². The van der Waals surface area contributed by atoms with Gasteiger partial charge in [-0.25, -0.2) is 4.39 Å². The number of nitrogens with zero attached hydrogens (tertiary/aromatic N) is 1. The van der Waals surface area contributed by atoms with Gasteiger partial charge in [0.25, 0.3) is 0 Å². The number of hydrogen-bond donors (Lipinski definition) is 2. The first-order valence-corrected chi connectivity index (χ1v) is 4.19. The van der Waals surface area contributed by atoms with Crippen molar-refractivity contribution in [3.05, 3.63) is 35.1 Å². The molecule has 1 rings (SSSR count). The van der Waals surface area contributed by atoms with Gasteiger partial charge in [0.2, 0.25) is 0 Å². The van der Waals surface area contributed by atoms with Gasteiger partial charge < -0.3 is 10.8 Å². The minimum atomic E-state index is -0.748. The maximum atomic E-state index is 13.1. The van der Waals surface area contributed by atoms with Crippen LogP contribution in [0.2, 0.25) is 0 Å². The van der Waals surface area contributed by atoms with E-state index in [0.717, 1.165) is 0 Å². The molecule has 0 amide bonds. The van der Waals surface area contributed by atoms with E-state index in [-0.39, 0.29) is 5.56 Å². The third-order valence-corrected chi connectivity index (χ3v) is 2.02. The van der Waals surface area contributed by atoms with Crippen LogP contribution in [0.4, 0.5) is 4.39 Å². The van der Waals surface area contributed by atoms with Crippen molar-refractivity contribution in [3.8, 4) is 6.07 Å². The van der Waals surface area contributed by atoms with Crippen molar-refractivity contribution in [2.24, 2.45) is 5.73 Å². The number of rotatable bonds is 2. The van der Waals surface area contributed by atoms with E-state index < -0.39 is 18.0 Å². The molecule has 1 aromatic rings. The summed E-state index contributed by atoms with van der Waals surface area (Å²) in [7, 11) is 0. The summed E-state index contributed by atoms with van der Waals surface area (Å²) in [5.74, 6) is -0.610. The van der Waals surface area contributed by atoms with E-state index in [4.69, 9.17) is 11.0 Å². The zero-order valence-electron chi connectivity index (χ0n) is 7.74. The maximum absolute atomic E-state index is 13.1. The van der Waals surface area contributed by atoms with Gasteiger partial charge in [0, 0.05) is 0 Å². The molecule has 0 bridgehead atoms. The molecule has 0 saturated carbocycles. The van der Waals surface area contributed by atoms with Gasteiger partial charge in [-0.3, -0.25) is 0 Å². The molecule has 0 spiro atoms. The Kier molecular flexibility index (Phi) is 3.18. The summed E-state index contributed by atoms with van der Waals surface area (Å²) >= 11 is 0. The smallest absolute Gasteiger partial charge is 0.141 e. The molecule has 14 heavy (non-hydrogen) atoms. The van der Waals surface area contributed by atoms with Gasteiger partial charge >= 0.3 is 0 Å². The molecule has 4 heteroatoms. The average Bonchev–Trinajstić information content (AvgIpc) is 2.16. The molecule has 3 N–H and O–H groups in total. The lowest BCUT2D eigenvalue weighted by atomic mass is 10.0. The molecule has 0 heterocycles. The first kappa shape index (κ1) is 10.6. The lowest BCUT2D eigenvalue weighted by molar-refractivity contribution is 0.164. The number of nitriles is 1. The lowest BCUT2D eigenvalue weighted by Crippen LogP contribution is -2.23. The number of aliphatic hydroxyl groups is 1. The summed E-state index contributed by atoms with van der Waals surface area (Å²) in [6, 6.07) is 5.16. The van der Waals surface area contributed by atoms with E-state index >= 15 is 0 Å². The Hall–Kier alpha value is -1.44. The van der Waals surface area contributed by atoms with Crippen molar-refractivity contribution in [2.75, 3.05) is 0 Å². The molecule has 0 fully saturated rings. The molecule has 0 aliphatic heterocycles. The van der Waals surface area contributed by atoms with Crippen LogP contribution in [0.1, 0.15) is 24.1 Å². The molecule has 74 valence electrons. The monoisotopic (exact) mass is 194 g/mol. The average molecular weight is 194 g/mol. The van der Waals surface area contributed by atoms with E-state index in [2.05, 4.69) is 0 Å². The van der Waals surface area contributed by atoms with Crippen molar-refractivity contribution >= 4 is 0 Å². The highest BCUT2D eigenvalue weighted by atomic mass is 19.1. The molecule has 0 radical (unpaired) electrons. The van der Waals surface area contributed by atoms with Crippen molar-refractivity contribution in [2.45, 2.75) is 19.1 Å². The fourth-order valence-electron chi connectivity index (χ4n) is 1.11. The molecule has 0 aliphatic rings. The van der Waals surface area contributed by atoms with Crippen LogP contribution in [-0.2, 0) is 0 Å². The summed E-state index contributed by atoms with van der Waals surface area (Å²) in [5.41, 5.74) is 6.06. The fourth-order valence-corrected chi connectivity index (χ4v) is 1.11. The number of aliphatic hydroxyl groups excluding tert-OH is 1. The molecule has 2 atom stereocenters.